The summed E-state index contributed by atoms with van der Waals surface area (Å²) in [7, 11) is -3.32. The summed E-state index contributed by atoms with van der Waals surface area (Å²) in [5.41, 5.74) is 0.818. The van der Waals surface area contributed by atoms with Crippen molar-refractivity contribution in [3.8, 4) is 0 Å². The van der Waals surface area contributed by atoms with Crippen molar-refractivity contribution in [1.29, 1.82) is 0 Å². The molecule has 5 heteroatoms. The lowest BCUT2D eigenvalue weighted by Crippen LogP contribution is -2.44. The maximum absolute atomic E-state index is 12.5. The van der Waals surface area contributed by atoms with Crippen molar-refractivity contribution in [2.24, 2.45) is 0 Å². The molecular formula is C12H17NO2S2. The molecule has 1 aliphatic rings. The number of hydrogen-bond acceptors (Lipinski definition) is 3. The molecule has 0 radical (unpaired) electrons. The van der Waals surface area contributed by atoms with Crippen molar-refractivity contribution in [3.63, 3.8) is 0 Å². The average Bonchev–Trinajstić information content (AvgIpc) is 2.29. The van der Waals surface area contributed by atoms with E-state index in [-0.39, 0.29) is 6.04 Å². The predicted molar refractivity (Wildman–Crippen MR) is 71.9 cm³/mol. The van der Waals surface area contributed by atoms with E-state index in [1.54, 1.807) is 16.4 Å². The molecule has 94 valence electrons. The largest absolute Gasteiger partial charge is 0.243 e. The number of sulfonamides is 1. The van der Waals surface area contributed by atoms with Gasteiger partial charge < -0.3 is 0 Å². The fourth-order valence-corrected chi connectivity index (χ4v) is 5.12. The second-order valence-electron chi connectivity index (χ2n) is 4.31. The van der Waals surface area contributed by atoms with E-state index in [1.165, 1.54) is 0 Å². The van der Waals surface area contributed by atoms with E-state index in [1.807, 2.05) is 37.7 Å². The summed E-state index contributed by atoms with van der Waals surface area (Å²) in [6, 6.07) is 7.26. The van der Waals surface area contributed by atoms with Gasteiger partial charge in [0.25, 0.3) is 0 Å². The molecule has 0 spiro atoms. The average molecular weight is 271 g/mol. The van der Waals surface area contributed by atoms with Gasteiger partial charge in [-0.2, -0.15) is 16.1 Å². The van der Waals surface area contributed by atoms with Crippen LogP contribution in [-0.4, -0.2) is 36.8 Å². The van der Waals surface area contributed by atoms with Gasteiger partial charge in [-0.3, -0.25) is 0 Å². The van der Waals surface area contributed by atoms with E-state index in [9.17, 15) is 8.42 Å². The summed E-state index contributed by atoms with van der Waals surface area (Å²) in [5.74, 6) is 1.76. The van der Waals surface area contributed by atoms with Crippen LogP contribution in [0.5, 0.6) is 0 Å². The second kappa shape index (κ2) is 5.00. The maximum atomic E-state index is 12.5. The highest BCUT2D eigenvalue weighted by Gasteiger charge is 2.31. The lowest BCUT2D eigenvalue weighted by atomic mass is 10.2. The number of benzene rings is 1. The molecule has 17 heavy (non-hydrogen) atoms. The molecule has 2 rings (SSSR count). The van der Waals surface area contributed by atoms with Crippen molar-refractivity contribution >= 4 is 21.8 Å². The van der Waals surface area contributed by atoms with Crippen molar-refractivity contribution in [3.05, 3.63) is 29.8 Å². The Morgan fingerprint density at radius 3 is 2.71 bits per heavy atom. The van der Waals surface area contributed by atoms with Gasteiger partial charge in [0.1, 0.15) is 0 Å². The lowest BCUT2D eigenvalue weighted by Gasteiger charge is -2.32. The first-order valence-corrected chi connectivity index (χ1v) is 8.28. The Bertz CT molecular complexity index is 499. The summed E-state index contributed by atoms with van der Waals surface area (Å²) in [6.07, 6.45) is 0. The molecule has 1 unspecified atom stereocenters. The van der Waals surface area contributed by atoms with Gasteiger partial charge >= 0.3 is 0 Å². The summed E-state index contributed by atoms with van der Waals surface area (Å²) in [6.45, 7) is 4.43. The van der Waals surface area contributed by atoms with E-state index < -0.39 is 10.0 Å². The highest BCUT2D eigenvalue weighted by Crippen LogP contribution is 2.25. The van der Waals surface area contributed by atoms with Crippen LogP contribution in [0.15, 0.2) is 29.2 Å². The van der Waals surface area contributed by atoms with Crippen LogP contribution in [-0.2, 0) is 10.0 Å². The molecule has 1 atom stereocenters. The third-order valence-corrected chi connectivity index (χ3v) is 6.35. The van der Waals surface area contributed by atoms with Crippen molar-refractivity contribution in [2.45, 2.75) is 24.8 Å². The lowest BCUT2D eigenvalue weighted by molar-refractivity contribution is 0.367. The van der Waals surface area contributed by atoms with Gasteiger partial charge in [-0.1, -0.05) is 18.2 Å². The number of rotatable bonds is 2. The van der Waals surface area contributed by atoms with Crippen LogP contribution in [0.1, 0.15) is 12.5 Å². The standard InChI is InChI=1S/C12H17NO2S2/c1-10-5-3-4-6-12(10)17(14,15)13-7-8-16-9-11(13)2/h3-6,11H,7-9H2,1-2H3. The minimum atomic E-state index is -3.32. The molecule has 0 saturated carbocycles. The summed E-state index contributed by atoms with van der Waals surface area (Å²) < 4.78 is 26.7. The summed E-state index contributed by atoms with van der Waals surface area (Å²) in [4.78, 5) is 0.443. The molecule has 0 amide bonds. The first kappa shape index (κ1) is 12.9. The normalized spacial score (nSPS) is 22.6. The zero-order chi connectivity index (χ0) is 12.5. The van der Waals surface area contributed by atoms with E-state index in [0.29, 0.717) is 11.4 Å². The summed E-state index contributed by atoms with van der Waals surface area (Å²) in [5, 5.41) is 0. The third-order valence-electron chi connectivity index (χ3n) is 2.99. The van der Waals surface area contributed by atoms with Crippen LogP contribution in [0.3, 0.4) is 0 Å². The molecule has 1 fully saturated rings. The smallest absolute Gasteiger partial charge is 0.207 e. The van der Waals surface area contributed by atoms with Crippen molar-refractivity contribution in [1.82, 2.24) is 4.31 Å². The van der Waals surface area contributed by atoms with Crippen LogP contribution in [0.2, 0.25) is 0 Å². The number of nitrogens with zero attached hydrogens (tertiary/aromatic N) is 1. The quantitative estimate of drug-likeness (QED) is 0.827. The minimum absolute atomic E-state index is 0.0818. The Kier molecular flexibility index (Phi) is 3.80. The Morgan fingerprint density at radius 1 is 1.35 bits per heavy atom. The Morgan fingerprint density at radius 2 is 2.06 bits per heavy atom. The first-order valence-electron chi connectivity index (χ1n) is 5.68. The van der Waals surface area contributed by atoms with Crippen molar-refractivity contribution < 1.29 is 8.42 Å². The van der Waals surface area contributed by atoms with Crippen LogP contribution >= 0.6 is 11.8 Å². The zero-order valence-corrected chi connectivity index (χ0v) is 11.7. The molecule has 0 bridgehead atoms. The van der Waals surface area contributed by atoms with E-state index in [2.05, 4.69) is 0 Å². The molecule has 1 aliphatic heterocycles. The van der Waals surface area contributed by atoms with Gasteiger partial charge in [-0.05, 0) is 25.5 Å². The highest BCUT2D eigenvalue weighted by atomic mass is 32.2. The van der Waals surface area contributed by atoms with Crippen LogP contribution in [0, 0.1) is 6.92 Å². The highest BCUT2D eigenvalue weighted by molar-refractivity contribution is 7.99. The van der Waals surface area contributed by atoms with E-state index in [4.69, 9.17) is 0 Å². The first-order chi connectivity index (χ1) is 8.03. The van der Waals surface area contributed by atoms with Crippen molar-refractivity contribution in [2.75, 3.05) is 18.1 Å². The summed E-state index contributed by atoms with van der Waals surface area (Å²) >= 11 is 1.82. The topological polar surface area (TPSA) is 37.4 Å². The van der Waals surface area contributed by atoms with Gasteiger partial charge in [-0.25, -0.2) is 8.42 Å². The monoisotopic (exact) mass is 271 g/mol. The Hall–Kier alpha value is -0.520. The Labute approximate surface area is 107 Å². The maximum Gasteiger partial charge on any atom is 0.243 e. The molecule has 1 aromatic carbocycles. The molecular weight excluding hydrogens is 254 g/mol. The zero-order valence-electron chi connectivity index (χ0n) is 10.1. The van der Waals surface area contributed by atoms with Crippen LogP contribution < -0.4 is 0 Å². The molecule has 1 aromatic rings. The van der Waals surface area contributed by atoms with Crippen LogP contribution in [0.25, 0.3) is 0 Å². The molecule has 0 aromatic heterocycles. The van der Waals surface area contributed by atoms with Gasteiger partial charge in [-0.15, -0.1) is 0 Å². The molecule has 0 aliphatic carbocycles. The molecule has 1 saturated heterocycles. The Balaban J connectivity index is 2.39. The molecule has 3 nitrogen and oxygen atoms in total. The predicted octanol–water partition coefficient (Wildman–Crippen LogP) is 2.12. The fourth-order valence-electron chi connectivity index (χ4n) is 2.04. The third kappa shape index (κ3) is 2.51. The van der Waals surface area contributed by atoms with Gasteiger partial charge in [0, 0.05) is 24.1 Å². The molecule has 0 N–H and O–H groups in total. The number of hydrogen-bond donors (Lipinski definition) is 0. The SMILES string of the molecule is Cc1ccccc1S(=O)(=O)N1CCSCC1C. The molecule has 1 heterocycles. The van der Waals surface area contributed by atoms with Crippen LogP contribution in [0.4, 0.5) is 0 Å². The van der Waals surface area contributed by atoms with E-state index in [0.717, 1.165) is 17.1 Å². The van der Waals surface area contributed by atoms with Gasteiger partial charge in [0.05, 0.1) is 4.90 Å². The second-order valence-corrected chi connectivity index (χ2v) is 7.31. The van der Waals surface area contributed by atoms with E-state index >= 15 is 0 Å². The van der Waals surface area contributed by atoms with Gasteiger partial charge in [0.2, 0.25) is 10.0 Å². The van der Waals surface area contributed by atoms with Gasteiger partial charge in [0.15, 0.2) is 0 Å². The number of thioether (sulfide) groups is 1. The fraction of sp³-hybridized carbons (Fsp3) is 0.500. The number of aryl methyl sites for hydroxylation is 1. The minimum Gasteiger partial charge on any atom is -0.207 e.